The molecular weight excluding hydrogens is 304 g/mol. The van der Waals surface area contributed by atoms with Crippen LogP contribution >= 0.6 is 23.6 Å². The van der Waals surface area contributed by atoms with Crippen LogP contribution in [0.4, 0.5) is 5.00 Å². The highest BCUT2D eigenvalue weighted by Gasteiger charge is 2.25. The van der Waals surface area contributed by atoms with Crippen molar-refractivity contribution in [2.75, 3.05) is 18.5 Å². The Balaban J connectivity index is 2.34. The third-order valence-corrected chi connectivity index (χ3v) is 4.92. The van der Waals surface area contributed by atoms with E-state index in [4.69, 9.17) is 17.0 Å². The third kappa shape index (κ3) is 3.95. The first-order valence-corrected chi connectivity index (χ1v) is 8.76. The van der Waals surface area contributed by atoms with Gasteiger partial charge in [0.25, 0.3) is 0 Å². The van der Waals surface area contributed by atoms with Crippen LogP contribution in [-0.2, 0) is 17.6 Å². The fraction of sp³-hybridized carbons (Fsp3) is 0.600. The van der Waals surface area contributed by atoms with Gasteiger partial charge in [0.15, 0.2) is 5.11 Å². The van der Waals surface area contributed by atoms with Crippen LogP contribution in [0, 0.1) is 0 Å². The highest BCUT2D eigenvalue weighted by atomic mass is 32.1. The first-order chi connectivity index (χ1) is 10.2. The van der Waals surface area contributed by atoms with Crippen molar-refractivity contribution in [1.82, 2.24) is 5.32 Å². The predicted molar refractivity (Wildman–Crippen MR) is 91.4 cm³/mol. The Labute approximate surface area is 135 Å². The van der Waals surface area contributed by atoms with Crippen molar-refractivity contribution in [3.63, 3.8) is 0 Å². The number of anilines is 1. The van der Waals surface area contributed by atoms with E-state index in [1.54, 1.807) is 11.3 Å². The molecule has 1 aromatic heterocycles. The van der Waals surface area contributed by atoms with E-state index in [0.717, 1.165) is 36.4 Å². The van der Waals surface area contributed by atoms with Crippen LogP contribution in [0.2, 0.25) is 0 Å². The normalized spacial score (nSPS) is 14.0. The number of fused-ring (bicyclic) bond motifs is 1. The lowest BCUT2D eigenvalue weighted by atomic mass is 10.1. The zero-order valence-corrected chi connectivity index (χ0v) is 14.2. The van der Waals surface area contributed by atoms with Crippen molar-refractivity contribution in [3.8, 4) is 0 Å². The molecular formula is C15H22N2O2S2. The zero-order chi connectivity index (χ0) is 15.2. The fourth-order valence-electron chi connectivity index (χ4n) is 2.56. The van der Waals surface area contributed by atoms with Gasteiger partial charge in [0.2, 0.25) is 0 Å². The highest BCUT2D eigenvalue weighted by Crippen LogP contribution is 2.37. The quantitative estimate of drug-likeness (QED) is 0.504. The minimum absolute atomic E-state index is 0.237. The van der Waals surface area contributed by atoms with Gasteiger partial charge in [0, 0.05) is 11.4 Å². The second kappa shape index (κ2) is 7.75. The van der Waals surface area contributed by atoms with Gasteiger partial charge in [0.1, 0.15) is 5.00 Å². The number of thiophene rings is 1. The summed E-state index contributed by atoms with van der Waals surface area (Å²) in [6, 6.07) is 0. The number of rotatable bonds is 4. The lowest BCUT2D eigenvalue weighted by molar-refractivity contribution is 0.0527. The molecule has 0 saturated heterocycles. The molecule has 2 N–H and O–H groups in total. The molecule has 0 radical (unpaired) electrons. The molecule has 6 heteroatoms. The summed E-state index contributed by atoms with van der Waals surface area (Å²) in [6.07, 6.45) is 5.54. The Hall–Kier alpha value is -1.14. The number of esters is 1. The van der Waals surface area contributed by atoms with Gasteiger partial charge >= 0.3 is 5.97 Å². The van der Waals surface area contributed by atoms with Gasteiger partial charge in [-0.1, -0.05) is 6.42 Å². The number of hydrogen-bond donors (Lipinski definition) is 2. The monoisotopic (exact) mass is 326 g/mol. The lowest BCUT2D eigenvalue weighted by Gasteiger charge is -2.10. The maximum Gasteiger partial charge on any atom is 0.341 e. The average Bonchev–Trinajstić information content (AvgIpc) is 2.61. The number of ether oxygens (including phenoxy) is 1. The smallest absolute Gasteiger partial charge is 0.341 e. The Kier molecular flexibility index (Phi) is 5.99. The molecule has 0 aliphatic heterocycles. The van der Waals surface area contributed by atoms with Crippen LogP contribution in [-0.4, -0.2) is 24.2 Å². The topological polar surface area (TPSA) is 50.4 Å². The molecule has 116 valence electrons. The summed E-state index contributed by atoms with van der Waals surface area (Å²) >= 11 is 6.89. The van der Waals surface area contributed by atoms with Crippen LogP contribution in [0.15, 0.2) is 0 Å². The van der Waals surface area contributed by atoms with Crippen molar-refractivity contribution in [1.29, 1.82) is 0 Å². The molecule has 4 nitrogen and oxygen atoms in total. The summed E-state index contributed by atoms with van der Waals surface area (Å²) in [5, 5.41) is 7.61. The van der Waals surface area contributed by atoms with Gasteiger partial charge in [-0.2, -0.15) is 0 Å². The lowest BCUT2D eigenvalue weighted by Crippen LogP contribution is -2.28. The molecule has 0 aromatic carbocycles. The highest BCUT2D eigenvalue weighted by molar-refractivity contribution is 7.80. The van der Waals surface area contributed by atoms with E-state index in [1.165, 1.54) is 17.7 Å². The minimum atomic E-state index is -0.237. The van der Waals surface area contributed by atoms with Crippen LogP contribution in [0.1, 0.15) is 53.9 Å². The molecule has 0 atom stereocenters. The van der Waals surface area contributed by atoms with Crippen LogP contribution in [0.5, 0.6) is 0 Å². The Morgan fingerprint density at radius 1 is 1.29 bits per heavy atom. The van der Waals surface area contributed by atoms with Crippen molar-refractivity contribution in [2.45, 2.75) is 46.0 Å². The fourth-order valence-corrected chi connectivity index (χ4v) is 4.15. The molecule has 0 fully saturated rings. The largest absolute Gasteiger partial charge is 0.462 e. The summed E-state index contributed by atoms with van der Waals surface area (Å²) in [5.41, 5.74) is 1.86. The summed E-state index contributed by atoms with van der Waals surface area (Å²) < 4.78 is 5.24. The molecule has 0 amide bonds. The van der Waals surface area contributed by atoms with Gasteiger partial charge in [-0.05, 0) is 57.3 Å². The van der Waals surface area contributed by atoms with E-state index in [0.29, 0.717) is 17.3 Å². The van der Waals surface area contributed by atoms with Crippen LogP contribution in [0.25, 0.3) is 0 Å². The molecule has 0 bridgehead atoms. The Morgan fingerprint density at radius 3 is 2.76 bits per heavy atom. The number of carbonyl (C=O) groups excluding carboxylic acids is 1. The average molecular weight is 326 g/mol. The zero-order valence-electron chi connectivity index (χ0n) is 12.6. The molecule has 1 heterocycles. The predicted octanol–water partition coefficient (Wildman–Crippen LogP) is 3.50. The molecule has 0 unspecified atom stereocenters. The van der Waals surface area contributed by atoms with E-state index < -0.39 is 0 Å². The van der Waals surface area contributed by atoms with Gasteiger partial charge in [-0.3, -0.25) is 0 Å². The van der Waals surface area contributed by atoms with E-state index in [2.05, 4.69) is 10.6 Å². The molecule has 1 aromatic rings. The first kappa shape index (κ1) is 16.2. The molecule has 2 rings (SSSR count). The summed E-state index contributed by atoms with van der Waals surface area (Å²) in [4.78, 5) is 13.6. The van der Waals surface area contributed by atoms with Crippen LogP contribution in [0.3, 0.4) is 0 Å². The van der Waals surface area contributed by atoms with E-state index in [1.807, 2.05) is 13.8 Å². The third-order valence-electron chi connectivity index (χ3n) is 3.47. The van der Waals surface area contributed by atoms with E-state index in [-0.39, 0.29) is 5.97 Å². The minimum Gasteiger partial charge on any atom is -0.462 e. The molecule has 21 heavy (non-hydrogen) atoms. The summed E-state index contributed by atoms with van der Waals surface area (Å²) in [5.74, 6) is -0.237. The van der Waals surface area contributed by atoms with Crippen molar-refractivity contribution in [3.05, 3.63) is 16.0 Å². The number of thiocarbonyl (C=S) groups is 1. The van der Waals surface area contributed by atoms with E-state index in [9.17, 15) is 4.79 Å². The first-order valence-electron chi connectivity index (χ1n) is 7.53. The van der Waals surface area contributed by atoms with Gasteiger partial charge in [-0.25, -0.2) is 4.79 Å². The number of hydrogen-bond acceptors (Lipinski definition) is 4. The molecule has 1 aliphatic rings. The maximum atomic E-state index is 12.3. The van der Waals surface area contributed by atoms with Crippen LogP contribution < -0.4 is 10.6 Å². The standard InChI is InChI=1S/C15H22N2O2S2/c1-3-16-15(20)17-13-12(14(18)19-4-2)10-8-6-5-7-9-11(10)21-13/h3-9H2,1-2H3,(H2,16,17,20). The van der Waals surface area contributed by atoms with Gasteiger partial charge < -0.3 is 15.4 Å². The second-order valence-corrected chi connectivity index (χ2v) is 6.49. The molecule has 1 aliphatic carbocycles. The number of nitrogens with one attached hydrogen (secondary N) is 2. The van der Waals surface area contributed by atoms with Crippen molar-refractivity contribution < 1.29 is 9.53 Å². The number of aryl methyl sites for hydroxylation is 1. The SMILES string of the molecule is CCNC(=S)Nc1sc2c(c1C(=O)OCC)CCCCC2. The van der Waals surface area contributed by atoms with Gasteiger partial charge in [0.05, 0.1) is 12.2 Å². The van der Waals surface area contributed by atoms with Gasteiger partial charge in [-0.15, -0.1) is 11.3 Å². The van der Waals surface area contributed by atoms with Crippen molar-refractivity contribution in [2.24, 2.45) is 0 Å². The molecule has 0 spiro atoms. The molecule has 0 saturated carbocycles. The maximum absolute atomic E-state index is 12.3. The van der Waals surface area contributed by atoms with E-state index >= 15 is 0 Å². The Morgan fingerprint density at radius 2 is 2.05 bits per heavy atom. The second-order valence-electron chi connectivity index (χ2n) is 4.97. The van der Waals surface area contributed by atoms with Crippen molar-refractivity contribution >= 4 is 39.6 Å². The Bertz CT molecular complexity index is 526. The summed E-state index contributed by atoms with van der Waals surface area (Å²) in [7, 11) is 0. The summed E-state index contributed by atoms with van der Waals surface area (Å²) in [6.45, 7) is 4.97. The number of carbonyl (C=O) groups is 1.